The fourth-order valence-corrected chi connectivity index (χ4v) is 1.53. The van der Waals surface area contributed by atoms with Crippen LogP contribution in [0.3, 0.4) is 0 Å². The Labute approximate surface area is 84.4 Å². The monoisotopic (exact) mass is 195 g/mol. The van der Waals surface area contributed by atoms with E-state index in [4.69, 9.17) is 5.26 Å². The molecule has 0 atom stereocenters. The van der Waals surface area contributed by atoms with Crippen LogP contribution in [0, 0.1) is 11.3 Å². The van der Waals surface area contributed by atoms with Gasteiger partial charge in [-0.05, 0) is 18.2 Å². The van der Waals surface area contributed by atoms with Gasteiger partial charge in [-0.2, -0.15) is 20.7 Å². The first-order valence-electron chi connectivity index (χ1n) is 4.37. The predicted molar refractivity (Wildman–Crippen MR) is 53.9 cm³/mol. The summed E-state index contributed by atoms with van der Waals surface area (Å²) in [6.07, 6.45) is 1.55. The third-order valence-corrected chi connectivity index (χ3v) is 2.25. The lowest BCUT2D eigenvalue weighted by Crippen LogP contribution is -1.82. The molecule has 3 aromatic rings. The van der Waals surface area contributed by atoms with Gasteiger partial charge in [-0.15, -0.1) is 0 Å². The third kappa shape index (κ3) is 1.12. The van der Waals surface area contributed by atoms with Gasteiger partial charge in [0.1, 0.15) is 17.1 Å². The van der Waals surface area contributed by atoms with Crippen LogP contribution in [0.1, 0.15) is 5.56 Å². The van der Waals surface area contributed by atoms with Crippen LogP contribution in [-0.4, -0.2) is 20.4 Å². The summed E-state index contributed by atoms with van der Waals surface area (Å²) in [7, 11) is 0. The molecule has 0 saturated carbocycles. The SMILES string of the molecule is N#Cc1cnc2cc3n[nH]nc3cc2c1. The van der Waals surface area contributed by atoms with Gasteiger partial charge in [0.2, 0.25) is 0 Å². The number of fused-ring (bicyclic) bond motifs is 2. The van der Waals surface area contributed by atoms with Crippen LogP contribution in [0.5, 0.6) is 0 Å². The van der Waals surface area contributed by atoms with Crippen molar-refractivity contribution in [3.05, 3.63) is 30.0 Å². The molecule has 0 amide bonds. The van der Waals surface area contributed by atoms with E-state index >= 15 is 0 Å². The average Bonchev–Trinajstić information content (AvgIpc) is 2.72. The van der Waals surface area contributed by atoms with Crippen molar-refractivity contribution in [3.63, 3.8) is 0 Å². The smallest absolute Gasteiger partial charge is 0.115 e. The zero-order chi connectivity index (χ0) is 10.3. The molecular weight excluding hydrogens is 190 g/mol. The lowest BCUT2D eigenvalue weighted by Gasteiger charge is -1.96. The van der Waals surface area contributed by atoms with Crippen LogP contribution >= 0.6 is 0 Å². The minimum Gasteiger partial charge on any atom is -0.255 e. The Morgan fingerprint density at radius 1 is 1.07 bits per heavy atom. The van der Waals surface area contributed by atoms with Crippen LogP contribution in [0.4, 0.5) is 0 Å². The van der Waals surface area contributed by atoms with Crippen LogP contribution < -0.4 is 0 Å². The number of hydrogen-bond donors (Lipinski definition) is 1. The lowest BCUT2D eigenvalue weighted by atomic mass is 10.1. The van der Waals surface area contributed by atoms with Gasteiger partial charge in [0.05, 0.1) is 11.1 Å². The summed E-state index contributed by atoms with van der Waals surface area (Å²) < 4.78 is 0. The molecule has 0 radical (unpaired) electrons. The van der Waals surface area contributed by atoms with Gasteiger partial charge in [-0.1, -0.05) is 0 Å². The fraction of sp³-hybridized carbons (Fsp3) is 0. The molecule has 0 bridgehead atoms. The van der Waals surface area contributed by atoms with E-state index in [-0.39, 0.29) is 0 Å². The Bertz CT molecular complexity index is 692. The number of hydrogen-bond acceptors (Lipinski definition) is 4. The number of nitriles is 1. The Kier molecular flexibility index (Phi) is 1.45. The zero-order valence-electron chi connectivity index (χ0n) is 7.60. The van der Waals surface area contributed by atoms with E-state index in [9.17, 15) is 0 Å². The maximum atomic E-state index is 8.75. The average molecular weight is 195 g/mol. The minimum absolute atomic E-state index is 0.547. The maximum absolute atomic E-state index is 8.75. The largest absolute Gasteiger partial charge is 0.255 e. The highest BCUT2D eigenvalue weighted by atomic mass is 15.3. The van der Waals surface area contributed by atoms with Crippen molar-refractivity contribution >= 4 is 21.9 Å². The van der Waals surface area contributed by atoms with Crippen LogP contribution in [0.15, 0.2) is 24.4 Å². The minimum atomic E-state index is 0.547. The maximum Gasteiger partial charge on any atom is 0.115 e. The first-order valence-corrected chi connectivity index (χ1v) is 4.37. The standard InChI is InChI=1S/C10H5N5/c11-4-6-1-7-2-9-10(14-15-13-9)3-8(7)12-5-6/h1-3,5H,(H,13,14,15). The molecule has 0 aliphatic rings. The number of aromatic nitrogens is 4. The molecule has 0 unspecified atom stereocenters. The summed E-state index contributed by atoms with van der Waals surface area (Å²) in [5.74, 6) is 0. The summed E-state index contributed by atoms with van der Waals surface area (Å²) in [5.41, 5.74) is 2.92. The Morgan fingerprint density at radius 2 is 1.87 bits per heavy atom. The van der Waals surface area contributed by atoms with E-state index in [1.165, 1.54) is 0 Å². The topological polar surface area (TPSA) is 78.2 Å². The molecule has 2 aromatic heterocycles. The predicted octanol–water partition coefficient (Wildman–Crippen LogP) is 1.38. The highest BCUT2D eigenvalue weighted by Crippen LogP contribution is 2.18. The molecule has 2 heterocycles. The van der Waals surface area contributed by atoms with Crippen molar-refractivity contribution in [2.75, 3.05) is 0 Å². The van der Waals surface area contributed by atoms with Crippen molar-refractivity contribution in [1.29, 1.82) is 5.26 Å². The zero-order valence-corrected chi connectivity index (χ0v) is 7.60. The van der Waals surface area contributed by atoms with Crippen molar-refractivity contribution in [1.82, 2.24) is 20.4 Å². The molecule has 0 aliphatic heterocycles. The molecule has 1 N–H and O–H groups in total. The molecular formula is C10H5N5. The van der Waals surface area contributed by atoms with Gasteiger partial charge in [-0.25, -0.2) is 0 Å². The van der Waals surface area contributed by atoms with E-state index in [1.807, 2.05) is 12.1 Å². The molecule has 0 saturated heterocycles. The quantitative estimate of drug-likeness (QED) is 0.587. The van der Waals surface area contributed by atoms with Gasteiger partial charge in [0.25, 0.3) is 0 Å². The summed E-state index contributed by atoms with van der Waals surface area (Å²) in [4.78, 5) is 4.18. The normalized spacial score (nSPS) is 10.6. The van der Waals surface area contributed by atoms with Crippen molar-refractivity contribution < 1.29 is 0 Å². The molecule has 15 heavy (non-hydrogen) atoms. The molecule has 1 aromatic carbocycles. The number of pyridine rings is 1. The number of H-pyrrole nitrogens is 1. The lowest BCUT2D eigenvalue weighted by molar-refractivity contribution is 0.959. The van der Waals surface area contributed by atoms with Crippen molar-refractivity contribution in [2.45, 2.75) is 0 Å². The Hall–Kier alpha value is -2.48. The first-order chi connectivity index (χ1) is 7.36. The number of rotatable bonds is 0. The highest BCUT2D eigenvalue weighted by molar-refractivity contribution is 5.92. The number of benzene rings is 1. The summed E-state index contributed by atoms with van der Waals surface area (Å²) in [6, 6.07) is 7.55. The molecule has 0 aliphatic carbocycles. The molecule has 5 nitrogen and oxygen atoms in total. The molecule has 5 heteroatoms. The summed E-state index contributed by atoms with van der Waals surface area (Å²) in [6.45, 7) is 0. The number of aromatic amines is 1. The van der Waals surface area contributed by atoms with Crippen molar-refractivity contribution in [2.24, 2.45) is 0 Å². The van der Waals surface area contributed by atoms with E-state index in [0.717, 1.165) is 21.9 Å². The van der Waals surface area contributed by atoms with Crippen LogP contribution in [0.25, 0.3) is 21.9 Å². The second-order valence-corrected chi connectivity index (χ2v) is 3.19. The molecule has 0 spiro atoms. The van der Waals surface area contributed by atoms with Gasteiger partial charge in [0, 0.05) is 11.6 Å². The summed E-state index contributed by atoms with van der Waals surface area (Å²) in [5, 5.41) is 20.1. The van der Waals surface area contributed by atoms with Gasteiger partial charge in [0.15, 0.2) is 0 Å². The molecule has 0 fully saturated rings. The molecule has 70 valence electrons. The Morgan fingerprint density at radius 3 is 2.67 bits per heavy atom. The van der Waals surface area contributed by atoms with Gasteiger partial charge < -0.3 is 0 Å². The fourth-order valence-electron chi connectivity index (χ4n) is 1.53. The van der Waals surface area contributed by atoms with E-state index in [1.54, 1.807) is 12.3 Å². The number of nitrogens with zero attached hydrogens (tertiary/aromatic N) is 4. The van der Waals surface area contributed by atoms with E-state index in [2.05, 4.69) is 26.5 Å². The Balaban J connectivity index is 2.45. The second-order valence-electron chi connectivity index (χ2n) is 3.19. The summed E-state index contributed by atoms with van der Waals surface area (Å²) >= 11 is 0. The molecule has 3 rings (SSSR count). The first kappa shape index (κ1) is 7.88. The second kappa shape index (κ2) is 2.75. The third-order valence-electron chi connectivity index (χ3n) is 2.25. The van der Waals surface area contributed by atoms with E-state index in [0.29, 0.717) is 5.56 Å². The van der Waals surface area contributed by atoms with Crippen LogP contribution in [-0.2, 0) is 0 Å². The van der Waals surface area contributed by atoms with Gasteiger partial charge in [-0.3, -0.25) is 4.98 Å². The van der Waals surface area contributed by atoms with Crippen molar-refractivity contribution in [3.8, 4) is 6.07 Å². The van der Waals surface area contributed by atoms with E-state index < -0.39 is 0 Å². The number of nitrogens with one attached hydrogen (secondary N) is 1. The van der Waals surface area contributed by atoms with Crippen LogP contribution in [0.2, 0.25) is 0 Å². The van der Waals surface area contributed by atoms with Gasteiger partial charge >= 0.3 is 0 Å². The highest BCUT2D eigenvalue weighted by Gasteiger charge is 2.02.